The molecule has 0 spiro atoms. The fourth-order valence-electron chi connectivity index (χ4n) is 4.44. The zero-order chi connectivity index (χ0) is 25.9. The lowest BCUT2D eigenvalue weighted by Crippen LogP contribution is -2.40. The van der Waals surface area contributed by atoms with Crippen LogP contribution in [0.2, 0.25) is 0 Å². The van der Waals surface area contributed by atoms with Gasteiger partial charge < -0.3 is 30.3 Å². The Labute approximate surface area is 210 Å². The number of carbonyl (C=O) groups excluding carboxylic acids is 1. The Hall–Kier alpha value is -3.50. The first kappa shape index (κ1) is 25.6. The predicted octanol–water partition coefficient (Wildman–Crippen LogP) is 2.58. The summed E-state index contributed by atoms with van der Waals surface area (Å²) in [6.45, 7) is 7.29. The third-order valence-corrected chi connectivity index (χ3v) is 6.12. The first-order valence-electron chi connectivity index (χ1n) is 12.2. The van der Waals surface area contributed by atoms with Gasteiger partial charge in [0.1, 0.15) is 17.5 Å². The summed E-state index contributed by atoms with van der Waals surface area (Å²) in [7, 11) is 0. The zero-order valence-corrected chi connectivity index (χ0v) is 21.0. The fourth-order valence-corrected chi connectivity index (χ4v) is 4.44. The summed E-state index contributed by atoms with van der Waals surface area (Å²) in [5.41, 5.74) is -0.0822. The number of hydrogen-bond donors (Lipinski definition) is 4. The number of aliphatic hydroxyl groups excluding tert-OH is 2. The molecule has 0 saturated carbocycles. The Morgan fingerprint density at radius 1 is 1.19 bits per heavy atom. The number of amides is 1. The number of carbonyl (C=O) groups is 1. The number of anilines is 3. The molecule has 192 valence electrons. The van der Waals surface area contributed by atoms with Crippen LogP contribution in [-0.4, -0.2) is 67.4 Å². The molecule has 10 heteroatoms. The van der Waals surface area contributed by atoms with Crippen LogP contribution in [0.25, 0.3) is 10.8 Å². The number of fused-ring (bicyclic) bond motifs is 1. The van der Waals surface area contributed by atoms with Crippen LogP contribution in [0.3, 0.4) is 0 Å². The summed E-state index contributed by atoms with van der Waals surface area (Å²) in [5, 5.41) is 26.4. The van der Waals surface area contributed by atoms with Crippen LogP contribution >= 0.6 is 0 Å². The predicted molar refractivity (Wildman–Crippen MR) is 140 cm³/mol. The van der Waals surface area contributed by atoms with Gasteiger partial charge in [-0.15, -0.1) is 0 Å². The largest absolute Gasteiger partial charge is 0.396 e. The number of nitrogens with one attached hydrogen (secondary N) is 2. The standard InChI is InChI=1S/C26H34N6O4/c1-26(2,3)30-23-22-18(7-10-31(11-12-33)25(22)36)13-21(29-23)28-20-14-19(6-8-27-20)24(35)32-9-4-5-17(15-32)16-34/h6-8,10,13-14,17,33-34H,4-5,9,11-12,15-16H2,1-3H3,(H2,27,28,29,30). The highest BCUT2D eigenvalue weighted by atomic mass is 16.3. The lowest BCUT2D eigenvalue weighted by Gasteiger charge is -2.32. The van der Waals surface area contributed by atoms with Crippen molar-refractivity contribution in [2.45, 2.75) is 45.7 Å². The van der Waals surface area contributed by atoms with E-state index in [-0.39, 0.29) is 42.7 Å². The number of hydrogen-bond acceptors (Lipinski definition) is 8. The average Bonchev–Trinajstić information content (AvgIpc) is 2.84. The van der Waals surface area contributed by atoms with Crippen molar-refractivity contribution in [1.29, 1.82) is 0 Å². The van der Waals surface area contributed by atoms with Crippen LogP contribution in [0.15, 0.2) is 41.5 Å². The molecule has 1 aliphatic heterocycles. The van der Waals surface area contributed by atoms with E-state index < -0.39 is 0 Å². The molecule has 1 saturated heterocycles. The number of aromatic nitrogens is 3. The van der Waals surface area contributed by atoms with Crippen molar-refractivity contribution < 1.29 is 15.0 Å². The Kier molecular flexibility index (Phi) is 7.56. The number of nitrogens with zero attached hydrogens (tertiary/aromatic N) is 4. The van der Waals surface area contributed by atoms with E-state index in [0.717, 1.165) is 12.8 Å². The second kappa shape index (κ2) is 10.6. The maximum absolute atomic E-state index is 13.1. The van der Waals surface area contributed by atoms with Crippen LogP contribution in [0.5, 0.6) is 0 Å². The van der Waals surface area contributed by atoms with Gasteiger partial charge in [-0.1, -0.05) is 0 Å². The van der Waals surface area contributed by atoms with E-state index in [4.69, 9.17) is 0 Å². The lowest BCUT2D eigenvalue weighted by molar-refractivity contribution is 0.0620. The topological polar surface area (TPSA) is 133 Å². The van der Waals surface area contributed by atoms with Crippen LogP contribution < -0.4 is 16.2 Å². The van der Waals surface area contributed by atoms with Gasteiger partial charge in [-0.05, 0) is 69.2 Å². The number of rotatable bonds is 7. The molecule has 4 rings (SSSR count). The van der Waals surface area contributed by atoms with E-state index in [1.807, 2.05) is 26.8 Å². The summed E-state index contributed by atoms with van der Waals surface area (Å²) in [4.78, 5) is 37.0. The zero-order valence-electron chi connectivity index (χ0n) is 21.0. The van der Waals surface area contributed by atoms with Crippen molar-refractivity contribution in [3.8, 4) is 0 Å². The first-order valence-corrected chi connectivity index (χ1v) is 12.2. The number of likely N-dealkylation sites (tertiary alicyclic amines) is 1. The molecular weight excluding hydrogens is 460 g/mol. The van der Waals surface area contributed by atoms with Gasteiger partial charge in [0.2, 0.25) is 0 Å². The van der Waals surface area contributed by atoms with Crippen molar-refractivity contribution in [2.75, 3.05) is 36.9 Å². The van der Waals surface area contributed by atoms with E-state index in [0.29, 0.717) is 46.9 Å². The lowest BCUT2D eigenvalue weighted by atomic mass is 9.98. The summed E-state index contributed by atoms with van der Waals surface area (Å²) < 4.78 is 1.46. The Balaban J connectivity index is 1.66. The molecule has 1 fully saturated rings. The van der Waals surface area contributed by atoms with E-state index in [2.05, 4.69) is 20.6 Å². The minimum atomic E-state index is -0.353. The molecule has 36 heavy (non-hydrogen) atoms. The normalized spacial score (nSPS) is 16.2. The van der Waals surface area contributed by atoms with Crippen molar-refractivity contribution in [1.82, 2.24) is 19.4 Å². The molecule has 0 aliphatic carbocycles. The van der Waals surface area contributed by atoms with Gasteiger partial charge in [0.25, 0.3) is 11.5 Å². The van der Waals surface area contributed by atoms with Gasteiger partial charge in [-0.2, -0.15) is 0 Å². The van der Waals surface area contributed by atoms with Crippen molar-refractivity contribution in [2.24, 2.45) is 5.92 Å². The highest BCUT2D eigenvalue weighted by molar-refractivity contribution is 5.96. The molecule has 4 heterocycles. The molecule has 3 aromatic heterocycles. The van der Waals surface area contributed by atoms with Crippen LogP contribution in [0.1, 0.15) is 44.0 Å². The molecule has 0 bridgehead atoms. The molecule has 1 atom stereocenters. The first-order chi connectivity index (χ1) is 17.2. The average molecular weight is 495 g/mol. The fraction of sp³-hybridized carbons (Fsp3) is 0.462. The third-order valence-electron chi connectivity index (χ3n) is 6.12. The molecule has 10 nitrogen and oxygen atoms in total. The third kappa shape index (κ3) is 5.83. The minimum Gasteiger partial charge on any atom is -0.396 e. The molecular formula is C26H34N6O4. The van der Waals surface area contributed by atoms with Crippen LogP contribution in [0.4, 0.5) is 17.5 Å². The van der Waals surface area contributed by atoms with Gasteiger partial charge in [0.05, 0.1) is 12.0 Å². The van der Waals surface area contributed by atoms with Crippen LogP contribution in [-0.2, 0) is 6.54 Å². The van der Waals surface area contributed by atoms with Crippen molar-refractivity contribution >= 4 is 34.1 Å². The molecule has 1 amide bonds. The van der Waals surface area contributed by atoms with E-state index in [1.165, 1.54) is 4.57 Å². The second-order valence-electron chi connectivity index (χ2n) is 10.2. The molecule has 3 aromatic rings. The summed E-state index contributed by atoms with van der Waals surface area (Å²) >= 11 is 0. The number of pyridine rings is 3. The molecule has 4 N–H and O–H groups in total. The van der Waals surface area contributed by atoms with Gasteiger partial charge in [0.15, 0.2) is 0 Å². The number of aliphatic hydroxyl groups is 2. The number of piperidine rings is 1. The Bertz CT molecular complexity index is 1300. The van der Waals surface area contributed by atoms with Gasteiger partial charge in [-0.3, -0.25) is 9.59 Å². The van der Waals surface area contributed by atoms with E-state index in [9.17, 15) is 19.8 Å². The van der Waals surface area contributed by atoms with E-state index in [1.54, 1.807) is 35.5 Å². The van der Waals surface area contributed by atoms with Crippen LogP contribution in [0, 0.1) is 5.92 Å². The van der Waals surface area contributed by atoms with E-state index >= 15 is 0 Å². The van der Waals surface area contributed by atoms with Gasteiger partial charge in [0, 0.05) is 49.7 Å². The maximum atomic E-state index is 13.1. The molecule has 0 radical (unpaired) electrons. The minimum absolute atomic E-state index is 0.0799. The summed E-state index contributed by atoms with van der Waals surface area (Å²) in [6, 6.07) is 6.95. The van der Waals surface area contributed by atoms with Crippen molar-refractivity contribution in [3.05, 3.63) is 52.6 Å². The van der Waals surface area contributed by atoms with Gasteiger partial charge >= 0.3 is 0 Å². The second-order valence-corrected chi connectivity index (χ2v) is 10.2. The SMILES string of the molecule is CC(C)(C)Nc1nc(Nc2cc(C(=O)N3CCCC(CO)C3)ccn2)cc2ccn(CCO)c(=O)c12. The Morgan fingerprint density at radius 2 is 2.00 bits per heavy atom. The quantitative estimate of drug-likeness (QED) is 0.394. The maximum Gasteiger partial charge on any atom is 0.262 e. The summed E-state index contributed by atoms with van der Waals surface area (Å²) in [5.74, 6) is 1.38. The molecule has 0 aromatic carbocycles. The summed E-state index contributed by atoms with van der Waals surface area (Å²) in [6.07, 6.45) is 5.03. The monoisotopic (exact) mass is 494 g/mol. The van der Waals surface area contributed by atoms with Gasteiger partial charge in [-0.25, -0.2) is 9.97 Å². The Morgan fingerprint density at radius 3 is 2.72 bits per heavy atom. The smallest absolute Gasteiger partial charge is 0.262 e. The molecule has 1 aliphatic rings. The molecule has 1 unspecified atom stereocenters. The van der Waals surface area contributed by atoms with Crippen molar-refractivity contribution in [3.63, 3.8) is 0 Å². The highest BCUT2D eigenvalue weighted by Gasteiger charge is 2.24. The highest BCUT2D eigenvalue weighted by Crippen LogP contribution is 2.26.